The van der Waals surface area contributed by atoms with Crippen molar-refractivity contribution in [3.8, 4) is 11.5 Å². The number of carbonyl (C=O) groups is 1. The second-order valence-electron chi connectivity index (χ2n) is 6.69. The minimum Gasteiger partial charge on any atom is -0.455 e. The zero-order valence-corrected chi connectivity index (χ0v) is 16.3. The number of nitrogens with zero attached hydrogens (tertiary/aromatic N) is 1. The molecule has 3 N–H and O–H groups in total. The van der Waals surface area contributed by atoms with Crippen LogP contribution in [-0.2, 0) is 11.2 Å². The largest absolute Gasteiger partial charge is 0.455 e. The third-order valence-corrected chi connectivity index (χ3v) is 4.45. The molecule has 3 aromatic carbocycles. The third-order valence-electron chi connectivity index (χ3n) is 4.45. The molecule has 1 amide bonds. The zero-order valence-electron chi connectivity index (χ0n) is 16.3. The van der Waals surface area contributed by atoms with Crippen molar-refractivity contribution in [1.29, 1.82) is 0 Å². The van der Waals surface area contributed by atoms with Gasteiger partial charge in [0.1, 0.15) is 5.75 Å². The Bertz CT molecular complexity index is 938. The molecule has 0 radical (unpaired) electrons. The average Bonchev–Trinajstić information content (AvgIpc) is 2.75. The summed E-state index contributed by atoms with van der Waals surface area (Å²) in [7, 11) is 0. The van der Waals surface area contributed by atoms with Crippen LogP contribution in [0.2, 0.25) is 0 Å². The summed E-state index contributed by atoms with van der Waals surface area (Å²) in [6.45, 7) is 0. The molecule has 3 rings (SSSR count). The molecule has 29 heavy (non-hydrogen) atoms. The van der Waals surface area contributed by atoms with Crippen LogP contribution in [0.25, 0.3) is 0 Å². The predicted molar refractivity (Wildman–Crippen MR) is 117 cm³/mol. The second-order valence-corrected chi connectivity index (χ2v) is 6.69. The van der Waals surface area contributed by atoms with E-state index >= 15 is 0 Å². The molecule has 0 spiro atoms. The standard InChI is InChI=1S/C24H25N3O2/c25-26-18-20-16-14-19(15-17-20)8-4-7-13-24(28)27-22-11-5-6-12-23(22)29-21-9-2-1-3-10-21/h1-3,5-6,9-12,14-18H,4,7-8,13,25H2,(H,27,28)/b26-18+. The molecule has 3 aromatic rings. The summed E-state index contributed by atoms with van der Waals surface area (Å²) >= 11 is 0. The first-order valence-corrected chi connectivity index (χ1v) is 9.68. The lowest BCUT2D eigenvalue weighted by Crippen LogP contribution is -2.11. The SMILES string of the molecule is N/N=C/c1ccc(CCCCC(=O)Nc2ccccc2Oc2ccccc2)cc1. The van der Waals surface area contributed by atoms with E-state index in [-0.39, 0.29) is 5.91 Å². The Hall–Kier alpha value is -3.60. The number of hydrogen-bond donors (Lipinski definition) is 2. The molecule has 0 unspecified atom stereocenters. The first kappa shape index (κ1) is 20.1. The number of hydrazone groups is 1. The first-order valence-electron chi connectivity index (χ1n) is 9.68. The van der Waals surface area contributed by atoms with E-state index in [0.29, 0.717) is 17.9 Å². The number of unbranched alkanes of at least 4 members (excludes halogenated alkanes) is 1. The lowest BCUT2D eigenvalue weighted by atomic mass is 10.1. The van der Waals surface area contributed by atoms with Crippen molar-refractivity contribution in [3.05, 3.63) is 90.0 Å². The average molecular weight is 387 g/mol. The molecule has 0 atom stereocenters. The van der Waals surface area contributed by atoms with Gasteiger partial charge < -0.3 is 15.9 Å². The molecule has 0 saturated carbocycles. The lowest BCUT2D eigenvalue weighted by molar-refractivity contribution is -0.116. The number of nitrogens with two attached hydrogens (primary N) is 1. The fourth-order valence-corrected chi connectivity index (χ4v) is 2.96. The summed E-state index contributed by atoms with van der Waals surface area (Å²) in [4.78, 5) is 12.4. The molecule has 0 saturated heterocycles. The molecule has 0 aliphatic carbocycles. The number of para-hydroxylation sites is 3. The molecule has 0 aliphatic rings. The van der Waals surface area contributed by atoms with Crippen LogP contribution in [0.15, 0.2) is 84.0 Å². The van der Waals surface area contributed by atoms with Gasteiger partial charge in [-0.2, -0.15) is 5.10 Å². The van der Waals surface area contributed by atoms with E-state index in [4.69, 9.17) is 10.6 Å². The van der Waals surface area contributed by atoms with Crippen molar-refractivity contribution in [1.82, 2.24) is 0 Å². The Morgan fingerprint density at radius 1 is 0.931 bits per heavy atom. The van der Waals surface area contributed by atoms with E-state index in [9.17, 15) is 4.79 Å². The van der Waals surface area contributed by atoms with E-state index in [0.717, 1.165) is 30.6 Å². The van der Waals surface area contributed by atoms with Crippen LogP contribution < -0.4 is 15.9 Å². The van der Waals surface area contributed by atoms with Crippen molar-refractivity contribution in [2.45, 2.75) is 25.7 Å². The number of amides is 1. The number of nitrogens with one attached hydrogen (secondary N) is 1. The number of hydrogen-bond acceptors (Lipinski definition) is 4. The Kier molecular flexibility index (Phi) is 7.41. The number of benzene rings is 3. The van der Waals surface area contributed by atoms with Gasteiger partial charge >= 0.3 is 0 Å². The van der Waals surface area contributed by atoms with E-state index < -0.39 is 0 Å². The highest BCUT2D eigenvalue weighted by atomic mass is 16.5. The maximum atomic E-state index is 12.4. The highest BCUT2D eigenvalue weighted by Gasteiger charge is 2.08. The van der Waals surface area contributed by atoms with Gasteiger partial charge in [-0.25, -0.2) is 0 Å². The van der Waals surface area contributed by atoms with Gasteiger partial charge in [-0.1, -0.05) is 54.6 Å². The van der Waals surface area contributed by atoms with Crippen molar-refractivity contribution >= 4 is 17.8 Å². The van der Waals surface area contributed by atoms with Crippen LogP contribution in [-0.4, -0.2) is 12.1 Å². The normalized spacial score (nSPS) is 10.8. The fraction of sp³-hybridized carbons (Fsp3) is 0.167. The molecule has 0 fully saturated rings. The van der Waals surface area contributed by atoms with E-state index in [1.165, 1.54) is 5.56 Å². The molecule has 148 valence electrons. The summed E-state index contributed by atoms with van der Waals surface area (Å²) in [6, 6.07) is 25.1. The lowest BCUT2D eigenvalue weighted by Gasteiger charge is -2.12. The van der Waals surface area contributed by atoms with Crippen LogP contribution in [0.3, 0.4) is 0 Å². The smallest absolute Gasteiger partial charge is 0.224 e. The molecule has 0 heterocycles. The molecule has 5 heteroatoms. The number of ether oxygens (including phenoxy) is 1. The van der Waals surface area contributed by atoms with Crippen LogP contribution >= 0.6 is 0 Å². The van der Waals surface area contributed by atoms with Crippen molar-refractivity contribution in [3.63, 3.8) is 0 Å². The zero-order chi connectivity index (χ0) is 20.3. The maximum Gasteiger partial charge on any atom is 0.224 e. The van der Waals surface area contributed by atoms with Crippen LogP contribution in [0, 0.1) is 0 Å². The monoisotopic (exact) mass is 387 g/mol. The number of carbonyl (C=O) groups excluding carboxylic acids is 1. The topological polar surface area (TPSA) is 76.7 Å². The maximum absolute atomic E-state index is 12.4. The Morgan fingerprint density at radius 3 is 2.41 bits per heavy atom. The van der Waals surface area contributed by atoms with Crippen LogP contribution in [0.4, 0.5) is 5.69 Å². The van der Waals surface area contributed by atoms with Crippen molar-refractivity contribution < 1.29 is 9.53 Å². The van der Waals surface area contributed by atoms with E-state index in [2.05, 4.69) is 22.6 Å². The molecule has 0 bridgehead atoms. The molecule has 5 nitrogen and oxygen atoms in total. The number of anilines is 1. The Morgan fingerprint density at radius 2 is 1.66 bits per heavy atom. The van der Waals surface area contributed by atoms with Gasteiger partial charge in [0, 0.05) is 6.42 Å². The van der Waals surface area contributed by atoms with Crippen molar-refractivity contribution in [2.24, 2.45) is 10.9 Å². The highest BCUT2D eigenvalue weighted by Crippen LogP contribution is 2.29. The predicted octanol–water partition coefficient (Wildman–Crippen LogP) is 5.12. The van der Waals surface area contributed by atoms with Gasteiger partial charge in [-0.15, -0.1) is 0 Å². The van der Waals surface area contributed by atoms with Gasteiger partial charge in [0.25, 0.3) is 0 Å². The number of rotatable bonds is 9. The van der Waals surface area contributed by atoms with E-state index in [1.54, 1.807) is 6.21 Å². The summed E-state index contributed by atoms with van der Waals surface area (Å²) in [5.74, 6) is 6.51. The molecular weight excluding hydrogens is 362 g/mol. The van der Waals surface area contributed by atoms with Gasteiger partial charge in [0.15, 0.2) is 5.75 Å². The highest BCUT2D eigenvalue weighted by molar-refractivity contribution is 5.92. The van der Waals surface area contributed by atoms with Gasteiger partial charge in [-0.3, -0.25) is 4.79 Å². The third kappa shape index (κ3) is 6.50. The quantitative estimate of drug-likeness (QED) is 0.231. The summed E-state index contributed by atoms with van der Waals surface area (Å²) < 4.78 is 5.89. The second kappa shape index (κ2) is 10.7. The minimum absolute atomic E-state index is 0.0105. The Balaban J connectivity index is 1.46. The minimum atomic E-state index is -0.0105. The van der Waals surface area contributed by atoms with Crippen LogP contribution in [0.1, 0.15) is 30.4 Å². The van der Waals surface area contributed by atoms with Crippen molar-refractivity contribution in [2.75, 3.05) is 5.32 Å². The summed E-state index contributed by atoms with van der Waals surface area (Å²) in [5, 5.41) is 6.48. The van der Waals surface area contributed by atoms with E-state index in [1.807, 2.05) is 66.7 Å². The molecular formula is C24H25N3O2. The molecule has 0 aromatic heterocycles. The van der Waals surface area contributed by atoms with Gasteiger partial charge in [0.2, 0.25) is 5.91 Å². The first-order chi connectivity index (χ1) is 14.2. The fourth-order valence-electron chi connectivity index (χ4n) is 2.96. The van der Waals surface area contributed by atoms with Gasteiger partial charge in [-0.05, 0) is 54.7 Å². The van der Waals surface area contributed by atoms with Gasteiger partial charge in [0.05, 0.1) is 11.9 Å². The molecule has 0 aliphatic heterocycles. The number of aryl methyl sites for hydroxylation is 1. The Labute approximate surface area is 171 Å². The van der Waals surface area contributed by atoms with Crippen LogP contribution in [0.5, 0.6) is 11.5 Å². The summed E-state index contributed by atoms with van der Waals surface area (Å²) in [5.41, 5.74) is 2.90. The summed E-state index contributed by atoms with van der Waals surface area (Å²) in [6.07, 6.45) is 4.78.